The summed E-state index contributed by atoms with van der Waals surface area (Å²) in [6, 6.07) is 15.1. The normalized spacial score (nSPS) is 14.6. The van der Waals surface area contributed by atoms with Crippen LogP contribution in [0.2, 0.25) is 0 Å². The lowest BCUT2D eigenvalue weighted by molar-refractivity contribution is -0.121. The molecule has 3 rings (SSSR count). The van der Waals surface area contributed by atoms with Crippen LogP contribution in [0.3, 0.4) is 0 Å². The van der Waals surface area contributed by atoms with Crippen LogP contribution in [0.1, 0.15) is 25.3 Å². The van der Waals surface area contributed by atoms with Crippen LogP contribution < -0.4 is 20.3 Å². The summed E-state index contributed by atoms with van der Waals surface area (Å²) >= 11 is 0. The monoisotopic (exact) mass is 381 g/mol. The summed E-state index contributed by atoms with van der Waals surface area (Å²) < 4.78 is 5.15. The molecule has 0 radical (unpaired) electrons. The van der Waals surface area contributed by atoms with Crippen LogP contribution in [-0.4, -0.2) is 38.1 Å². The van der Waals surface area contributed by atoms with Crippen molar-refractivity contribution in [3.8, 4) is 5.75 Å². The van der Waals surface area contributed by atoms with Crippen LogP contribution in [0, 0.1) is 0 Å². The molecule has 2 aromatic rings. The standard InChI is InChI=1S/C22H27N3O3/c1-16(22(27)23-13-12-17-8-10-20(28-2)11-9-17)24-18-5-3-6-19(15-18)25-14-4-7-21(25)26/h3,5-6,8-11,15-16,24H,4,7,12-14H2,1-2H3,(H,23,27). The van der Waals surface area contributed by atoms with E-state index in [1.54, 1.807) is 12.0 Å². The van der Waals surface area contributed by atoms with Crippen LogP contribution >= 0.6 is 0 Å². The molecule has 1 aliphatic heterocycles. The molecule has 0 bridgehead atoms. The van der Waals surface area contributed by atoms with E-state index in [9.17, 15) is 9.59 Å². The van der Waals surface area contributed by atoms with Gasteiger partial charge in [0.1, 0.15) is 11.8 Å². The number of rotatable bonds is 8. The molecule has 1 heterocycles. The van der Waals surface area contributed by atoms with Crippen LogP contribution in [0.15, 0.2) is 48.5 Å². The molecule has 28 heavy (non-hydrogen) atoms. The second-order valence-electron chi connectivity index (χ2n) is 6.95. The van der Waals surface area contributed by atoms with E-state index < -0.39 is 0 Å². The average Bonchev–Trinajstić information content (AvgIpc) is 3.14. The fourth-order valence-corrected chi connectivity index (χ4v) is 3.28. The third kappa shape index (κ3) is 5.03. The Morgan fingerprint density at radius 2 is 2.00 bits per heavy atom. The highest BCUT2D eigenvalue weighted by Crippen LogP contribution is 2.24. The molecule has 0 aromatic heterocycles. The summed E-state index contributed by atoms with van der Waals surface area (Å²) in [5.41, 5.74) is 2.85. The lowest BCUT2D eigenvalue weighted by Crippen LogP contribution is -2.38. The van der Waals surface area contributed by atoms with E-state index >= 15 is 0 Å². The van der Waals surface area contributed by atoms with Gasteiger partial charge in [-0.15, -0.1) is 0 Å². The molecule has 2 N–H and O–H groups in total. The summed E-state index contributed by atoms with van der Waals surface area (Å²) in [7, 11) is 1.64. The van der Waals surface area contributed by atoms with Crippen molar-refractivity contribution < 1.29 is 14.3 Å². The van der Waals surface area contributed by atoms with E-state index in [0.717, 1.165) is 42.1 Å². The number of amides is 2. The van der Waals surface area contributed by atoms with Gasteiger partial charge in [0, 0.05) is 30.9 Å². The summed E-state index contributed by atoms with van der Waals surface area (Å²) in [5.74, 6) is 0.918. The molecular weight excluding hydrogens is 354 g/mol. The van der Waals surface area contributed by atoms with Gasteiger partial charge in [-0.25, -0.2) is 0 Å². The van der Waals surface area contributed by atoms with E-state index in [1.807, 2.05) is 55.5 Å². The molecule has 148 valence electrons. The lowest BCUT2D eigenvalue weighted by Gasteiger charge is -2.19. The average molecular weight is 381 g/mol. The van der Waals surface area contributed by atoms with Gasteiger partial charge in [-0.2, -0.15) is 0 Å². The second kappa shape index (κ2) is 9.26. The van der Waals surface area contributed by atoms with E-state index in [2.05, 4.69) is 10.6 Å². The number of benzene rings is 2. The van der Waals surface area contributed by atoms with E-state index in [-0.39, 0.29) is 17.9 Å². The predicted octanol–water partition coefficient (Wildman–Crippen LogP) is 2.98. The fraction of sp³-hybridized carbons (Fsp3) is 0.364. The van der Waals surface area contributed by atoms with Gasteiger partial charge in [-0.1, -0.05) is 18.2 Å². The Hall–Kier alpha value is -3.02. The van der Waals surface area contributed by atoms with Gasteiger partial charge in [-0.3, -0.25) is 9.59 Å². The molecule has 2 amide bonds. The SMILES string of the molecule is COc1ccc(CCNC(=O)C(C)Nc2cccc(N3CCCC3=O)c2)cc1. The van der Waals surface area contributed by atoms with Crippen LogP contribution in [0.25, 0.3) is 0 Å². The lowest BCUT2D eigenvalue weighted by atomic mass is 10.1. The zero-order valence-corrected chi connectivity index (χ0v) is 16.4. The Balaban J connectivity index is 1.49. The third-order valence-electron chi connectivity index (χ3n) is 4.88. The van der Waals surface area contributed by atoms with E-state index in [4.69, 9.17) is 4.74 Å². The van der Waals surface area contributed by atoms with Crippen LogP contribution in [0.4, 0.5) is 11.4 Å². The van der Waals surface area contributed by atoms with Gasteiger partial charge in [0.05, 0.1) is 7.11 Å². The summed E-state index contributed by atoms with van der Waals surface area (Å²) in [5, 5.41) is 6.18. The first-order valence-corrected chi connectivity index (χ1v) is 9.64. The number of anilines is 2. The van der Waals surface area contributed by atoms with Gasteiger partial charge in [0.15, 0.2) is 0 Å². The highest BCUT2D eigenvalue weighted by molar-refractivity contribution is 5.95. The molecule has 1 atom stereocenters. The zero-order chi connectivity index (χ0) is 19.9. The molecule has 6 nitrogen and oxygen atoms in total. The Kier molecular flexibility index (Phi) is 6.53. The number of hydrogen-bond donors (Lipinski definition) is 2. The number of hydrogen-bond acceptors (Lipinski definition) is 4. The molecule has 0 saturated carbocycles. The summed E-state index contributed by atoms with van der Waals surface area (Å²) in [6.07, 6.45) is 2.25. The Bertz CT molecular complexity index is 820. The van der Waals surface area contributed by atoms with Gasteiger partial charge >= 0.3 is 0 Å². The number of carbonyl (C=O) groups excluding carboxylic acids is 2. The summed E-state index contributed by atoms with van der Waals surface area (Å²) in [4.78, 5) is 26.1. The first-order chi connectivity index (χ1) is 13.6. The summed E-state index contributed by atoms with van der Waals surface area (Å²) in [6.45, 7) is 3.15. The fourth-order valence-electron chi connectivity index (χ4n) is 3.28. The molecule has 1 fully saturated rings. The quantitative estimate of drug-likeness (QED) is 0.738. The zero-order valence-electron chi connectivity index (χ0n) is 16.4. The van der Waals surface area contributed by atoms with Gasteiger partial charge in [-0.05, 0) is 55.7 Å². The predicted molar refractivity (Wildman–Crippen MR) is 111 cm³/mol. The highest BCUT2D eigenvalue weighted by Gasteiger charge is 2.22. The maximum atomic E-state index is 12.4. The first kappa shape index (κ1) is 19.7. The Morgan fingerprint density at radius 3 is 2.68 bits per heavy atom. The van der Waals surface area contributed by atoms with Crippen molar-refractivity contribution in [2.24, 2.45) is 0 Å². The van der Waals surface area contributed by atoms with Crippen molar-refractivity contribution in [2.75, 3.05) is 30.4 Å². The van der Waals surface area contributed by atoms with Crippen molar-refractivity contribution in [3.63, 3.8) is 0 Å². The van der Waals surface area contributed by atoms with Crippen molar-refractivity contribution in [1.29, 1.82) is 0 Å². The topological polar surface area (TPSA) is 70.7 Å². The molecular formula is C22H27N3O3. The highest BCUT2D eigenvalue weighted by atomic mass is 16.5. The maximum Gasteiger partial charge on any atom is 0.242 e. The number of ether oxygens (including phenoxy) is 1. The maximum absolute atomic E-state index is 12.4. The third-order valence-corrected chi connectivity index (χ3v) is 4.88. The number of nitrogens with zero attached hydrogens (tertiary/aromatic N) is 1. The molecule has 1 aliphatic rings. The molecule has 2 aromatic carbocycles. The smallest absolute Gasteiger partial charge is 0.242 e. The van der Waals surface area contributed by atoms with Gasteiger partial charge in [0.25, 0.3) is 0 Å². The van der Waals surface area contributed by atoms with Crippen LogP contribution in [-0.2, 0) is 16.0 Å². The van der Waals surface area contributed by atoms with Crippen molar-refractivity contribution in [2.45, 2.75) is 32.2 Å². The van der Waals surface area contributed by atoms with E-state index in [0.29, 0.717) is 13.0 Å². The number of carbonyl (C=O) groups is 2. The van der Waals surface area contributed by atoms with Crippen LogP contribution in [0.5, 0.6) is 5.75 Å². The minimum absolute atomic E-state index is 0.0591. The molecule has 1 saturated heterocycles. The first-order valence-electron chi connectivity index (χ1n) is 9.64. The van der Waals surface area contributed by atoms with E-state index in [1.165, 1.54) is 0 Å². The van der Waals surface area contributed by atoms with Crippen molar-refractivity contribution >= 4 is 23.2 Å². The second-order valence-corrected chi connectivity index (χ2v) is 6.95. The molecule has 0 aliphatic carbocycles. The largest absolute Gasteiger partial charge is 0.497 e. The van der Waals surface area contributed by atoms with Gasteiger partial charge in [0.2, 0.25) is 11.8 Å². The molecule has 1 unspecified atom stereocenters. The number of methoxy groups -OCH3 is 1. The Morgan fingerprint density at radius 1 is 1.21 bits per heavy atom. The molecule has 0 spiro atoms. The minimum Gasteiger partial charge on any atom is -0.497 e. The minimum atomic E-state index is -0.375. The van der Waals surface area contributed by atoms with Crippen molar-refractivity contribution in [3.05, 3.63) is 54.1 Å². The number of nitrogens with one attached hydrogen (secondary N) is 2. The van der Waals surface area contributed by atoms with Gasteiger partial charge < -0.3 is 20.3 Å². The Labute approximate surface area is 165 Å². The molecule has 6 heteroatoms. The van der Waals surface area contributed by atoms with Crippen molar-refractivity contribution in [1.82, 2.24) is 5.32 Å².